The van der Waals surface area contributed by atoms with E-state index in [9.17, 15) is 23.1 Å². The minimum Gasteiger partial charge on any atom is -0.396 e. The number of carbonyl (C=O) groups excluding carboxylic acids is 1. The summed E-state index contributed by atoms with van der Waals surface area (Å²) < 4.78 is 52.6. The lowest BCUT2D eigenvalue weighted by atomic mass is 9.61. The molecule has 4 saturated heterocycles. The molecule has 1 aromatic carbocycles. The van der Waals surface area contributed by atoms with Gasteiger partial charge in [0.2, 0.25) is 5.91 Å². The molecule has 0 unspecified atom stereocenters. The fourth-order valence-corrected chi connectivity index (χ4v) is 6.12. The van der Waals surface area contributed by atoms with Gasteiger partial charge in [-0.05, 0) is 31.5 Å². The van der Waals surface area contributed by atoms with E-state index in [1.807, 2.05) is 6.92 Å². The highest BCUT2D eigenvalue weighted by Gasteiger charge is 2.77. The molecule has 0 aromatic heterocycles. The van der Waals surface area contributed by atoms with E-state index in [0.29, 0.717) is 12.8 Å². The largest absolute Gasteiger partial charge is 0.417 e. The van der Waals surface area contributed by atoms with Crippen molar-refractivity contribution in [3.63, 3.8) is 0 Å². The average Bonchev–Trinajstić information content (AvgIpc) is 3.24. The predicted octanol–water partition coefficient (Wildman–Crippen LogP) is 2.44. The van der Waals surface area contributed by atoms with Crippen molar-refractivity contribution in [1.29, 1.82) is 5.26 Å². The summed E-state index contributed by atoms with van der Waals surface area (Å²) in [5.41, 5.74) is -3.01. The Balaban J connectivity index is 1.62. The van der Waals surface area contributed by atoms with Crippen LogP contribution in [-0.4, -0.2) is 41.7 Å². The average molecular weight is 408 g/mol. The van der Waals surface area contributed by atoms with Crippen molar-refractivity contribution in [2.75, 3.05) is 18.1 Å². The maximum atomic E-state index is 13.4. The van der Waals surface area contributed by atoms with Crippen LogP contribution in [0.15, 0.2) is 18.2 Å². The smallest absolute Gasteiger partial charge is 0.396 e. The zero-order valence-electron chi connectivity index (χ0n) is 15.6. The Morgan fingerprint density at radius 2 is 2.17 bits per heavy atom. The number of nitriles is 1. The van der Waals surface area contributed by atoms with Crippen LogP contribution in [-0.2, 0) is 20.4 Å². The van der Waals surface area contributed by atoms with Crippen molar-refractivity contribution < 1.29 is 32.5 Å². The van der Waals surface area contributed by atoms with Crippen molar-refractivity contribution in [3.05, 3.63) is 29.3 Å². The molecule has 29 heavy (non-hydrogen) atoms. The number of aliphatic hydroxyl groups is 1. The monoisotopic (exact) mass is 408 g/mol. The lowest BCUT2D eigenvalue weighted by Crippen LogP contribution is -2.55. The molecular weight excluding hydrogens is 389 g/mol. The summed E-state index contributed by atoms with van der Waals surface area (Å²) in [6.07, 6.45) is -4.41. The highest BCUT2D eigenvalue weighted by Crippen LogP contribution is 2.67. The predicted molar refractivity (Wildman–Crippen MR) is 92.4 cm³/mol. The summed E-state index contributed by atoms with van der Waals surface area (Å²) in [5, 5.41) is 18.9. The molecule has 4 heterocycles. The van der Waals surface area contributed by atoms with E-state index in [0.717, 1.165) is 12.1 Å². The first-order chi connectivity index (χ1) is 13.7. The molecule has 0 saturated carbocycles. The van der Waals surface area contributed by atoms with Gasteiger partial charge in [-0.2, -0.15) is 18.4 Å². The molecule has 1 aromatic rings. The number of hydrogen-bond acceptors (Lipinski definition) is 5. The third-order valence-corrected chi connectivity index (χ3v) is 7.12. The fraction of sp³-hybridized carbons (Fsp3) is 0.600. The lowest BCUT2D eigenvalue weighted by molar-refractivity contribution is -0.154. The molecule has 5 rings (SSSR count). The first kappa shape index (κ1) is 18.9. The van der Waals surface area contributed by atoms with Crippen molar-refractivity contribution in [2.45, 2.75) is 43.4 Å². The molecular formula is C20H19F3N2O4. The highest BCUT2D eigenvalue weighted by atomic mass is 19.4. The van der Waals surface area contributed by atoms with Gasteiger partial charge in [0.25, 0.3) is 0 Å². The number of carbonyl (C=O) groups is 1. The van der Waals surface area contributed by atoms with Crippen molar-refractivity contribution in [3.8, 4) is 6.07 Å². The number of alkyl halides is 3. The van der Waals surface area contributed by atoms with Crippen LogP contribution in [0.4, 0.5) is 18.9 Å². The van der Waals surface area contributed by atoms with Crippen LogP contribution in [0.5, 0.6) is 0 Å². The van der Waals surface area contributed by atoms with Crippen LogP contribution in [0, 0.1) is 29.1 Å². The maximum Gasteiger partial charge on any atom is 0.417 e. The summed E-state index contributed by atoms with van der Waals surface area (Å²) in [6, 6.07) is 4.84. The number of anilines is 1. The van der Waals surface area contributed by atoms with Crippen LogP contribution in [0.25, 0.3) is 0 Å². The number of amides is 1. The first-order valence-electron chi connectivity index (χ1n) is 9.53. The van der Waals surface area contributed by atoms with Gasteiger partial charge in [0, 0.05) is 30.6 Å². The molecule has 0 aliphatic carbocycles. The van der Waals surface area contributed by atoms with Gasteiger partial charge in [0.15, 0.2) is 0 Å². The highest BCUT2D eigenvalue weighted by molar-refractivity contribution is 6.00. The van der Waals surface area contributed by atoms with Gasteiger partial charge >= 0.3 is 6.18 Å². The van der Waals surface area contributed by atoms with Gasteiger partial charge in [-0.25, -0.2) is 0 Å². The second-order valence-corrected chi connectivity index (χ2v) is 8.52. The van der Waals surface area contributed by atoms with E-state index in [2.05, 4.69) is 0 Å². The second-order valence-electron chi connectivity index (χ2n) is 8.52. The topological polar surface area (TPSA) is 82.8 Å². The fourth-order valence-electron chi connectivity index (χ4n) is 6.12. The molecule has 154 valence electrons. The van der Waals surface area contributed by atoms with Crippen LogP contribution in [0.2, 0.25) is 0 Å². The summed E-state index contributed by atoms with van der Waals surface area (Å²) in [7, 11) is 0. The van der Waals surface area contributed by atoms with Crippen LogP contribution >= 0.6 is 0 Å². The third-order valence-electron chi connectivity index (χ3n) is 7.12. The Labute approximate surface area is 164 Å². The number of rotatable bonds is 2. The summed E-state index contributed by atoms with van der Waals surface area (Å²) in [6.45, 7) is 2.05. The molecule has 6 atom stereocenters. The summed E-state index contributed by atoms with van der Waals surface area (Å²) in [5.74, 6) is -1.37. The molecule has 0 radical (unpaired) electrons. The second kappa shape index (κ2) is 5.72. The minimum absolute atomic E-state index is 0.0568. The van der Waals surface area contributed by atoms with Crippen molar-refractivity contribution in [1.82, 2.24) is 0 Å². The number of halogens is 3. The van der Waals surface area contributed by atoms with Gasteiger partial charge in [-0.3, -0.25) is 9.69 Å². The Morgan fingerprint density at radius 1 is 1.41 bits per heavy atom. The van der Waals surface area contributed by atoms with Gasteiger partial charge in [-0.15, -0.1) is 0 Å². The number of benzene rings is 1. The summed E-state index contributed by atoms with van der Waals surface area (Å²) >= 11 is 0. The minimum atomic E-state index is -4.72. The zero-order valence-corrected chi connectivity index (χ0v) is 15.6. The maximum absolute atomic E-state index is 13.4. The summed E-state index contributed by atoms with van der Waals surface area (Å²) in [4.78, 5) is 14.7. The molecule has 9 heteroatoms. The molecule has 1 spiro atoms. The third kappa shape index (κ3) is 2.25. The number of ether oxygens (including phenoxy) is 2. The van der Waals surface area contributed by atoms with E-state index in [1.54, 1.807) is 6.07 Å². The molecule has 2 bridgehead atoms. The molecule has 4 aliphatic rings. The quantitative estimate of drug-likeness (QED) is 0.813. The van der Waals surface area contributed by atoms with Gasteiger partial charge in [0.05, 0.1) is 40.9 Å². The Hall–Kier alpha value is -2.15. The lowest BCUT2D eigenvalue weighted by Gasteiger charge is -2.45. The van der Waals surface area contributed by atoms with Crippen LogP contribution in [0.3, 0.4) is 0 Å². The molecule has 4 aliphatic heterocycles. The van der Waals surface area contributed by atoms with E-state index >= 15 is 0 Å². The normalized spacial score (nSPS) is 40.3. The molecule has 4 fully saturated rings. The Morgan fingerprint density at radius 3 is 2.83 bits per heavy atom. The number of nitrogens with zero attached hydrogens (tertiary/aromatic N) is 2. The number of aliphatic hydroxyl groups excluding tert-OH is 1. The molecule has 1 N–H and O–H groups in total. The Bertz CT molecular complexity index is 945. The molecule has 6 nitrogen and oxygen atoms in total. The van der Waals surface area contributed by atoms with E-state index in [-0.39, 0.29) is 36.6 Å². The van der Waals surface area contributed by atoms with Crippen LogP contribution < -0.4 is 4.90 Å². The SMILES string of the molecule is C[C@@]12C[C@H](CO)[C@]3(CCO[C@H]4[C@@H]3[C@@H]1C(=O)N4c1ccc(C#N)c(C(F)(F)F)c1)O2. The molecule has 1 amide bonds. The van der Waals surface area contributed by atoms with Crippen LogP contribution in [0.1, 0.15) is 30.9 Å². The number of fused-ring (bicyclic) bond motifs is 2. The van der Waals surface area contributed by atoms with Gasteiger partial charge < -0.3 is 14.6 Å². The van der Waals surface area contributed by atoms with E-state index in [4.69, 9.17) is 14.7 Å². The van der Waals surface area contributed by atoms with E-state index < -0.39 is 40.7 Å². The van der Waals surface area contributed by atoms with E-state index in [1.165, 1.54) is 11.0 Å². The van der Waals surface area contributed by atoms with Crippen molar-refractivity contribution in [2.24, 2.45) is 17.8 Å². The first-order valence-corrected chi connectivity index (χ1v) is 9.53. The van der Waals surface area contributed by atoms with Gasteiger partial charge in [0.1, 0.15) is 6.23 Å². The van der Waals surface area contributed by atoms with Crippen molar-refractivity contribution >= 4 is 11.6 Å². The standard InChI is InChI=1S/C20H19F3N2O4/c1-18-7-11(9-26)19(29-18)4-5-28-17-15(19)14(18)16(27)25(17)12-3-2-10(8-24)13(6-12)20(21,22)23/h2-3,6,11,14-15,17,26H,4-5,7,9H2,1H3/t11-,14-,15+,17+,18-,19+/m1/s1. The zero-order chi connectivity index (χ0) is 20.8. The van der Waals surface area contributed by atoms with Gasteiger partial charge in [-0.1, -0.05) is 0 Å². The number of hydrogen-bond donors (Lipinski definition) is 1. The Kier molecular flexibility index (Phi) is 3.72.